The number of unbranched alkanes of at least 4 members (excludes halogenated alkanes) is 1. The SMILES string of the molecule is CCOC(=O)C1=C(C)OC(N)=C(C#N)C1c1cc(Br)ccc1OCCCC#N. The van der Waals surface area contributed by atoms with Crippen LogP contribution in [0, 0.1) is 22.7 Å². The molecule has 1 aliphatic rings. The molecule has 1 heterocycles. The number of rotatable bonds is 7. The number of hydrogen-bond donors (Lipinski definition) is 1. The number of allylic oxidation sites excluding steroid dienone is 2. The van der Waals surface area contributed by atoms with Gasteiger partial charge < -0.3 is 19.9 Å². The highest BCUT2D eigenvalue weighted by molar-refractivity contribution is 9.10. The summed E-state index contributed by atoms with van der Waals surface area (Å²) in [6, 6.07) is 9.42. The molecule has 1 aliphatic heterocycles. The minimum atomic E-state index is -0.790. The van der Waals surface area contributed by atoms with Crippen LogP contribution in [0.2, 0.25) is 0 Å². The molecule has 1 unspecified atom stereocenters. The first-order valence-electron chi connectivity index (χ1n) is 8.69. The van der Waals surface area contributed by atoms with Crippen molar-refractivity contribution in [3.8, 4) is 17.9 Å². The third-order valence-electron chi connectivity index (χ3n) is 4.07. The first-order valence-corrected chi connectivity index (χ1v) is 9.48. The van der Waals surface area contributed by atoms with Crippen molar-refractivity contribution in [2.24, 2.45) is 5.73 Å². The number of nitrogens with two attached hydrogens (primary N) is 1. The summed E-state index contributed by atoms with van der Waals surface area (Å²) in [6.07, 6.45) is 0.926. The van der Waals surface area contributed by atoms with E-state index in [4.69, 9.17) is 25.2 Å². The van der Waals surface area contributed by atoms with E-state index >= 15 is 0 Å². The van der Waals surface area contributed by atoms with Gasteiger partial charge in [-0.3, -0.25) is 0 Å². The van der Waals surface area contributed by atoms with Crippen LogP contribution in [0.1, 0.15) is 38.2 Å². The van der Waals surface area contributed by atoms with Crippen molar-refractivity contribution in [2.45, 2.75) is 32.6 Å². The molecule has 0 spiro atoms. The summed E-state index contributed by atoms with van der Waals surface area (Å²) in [6.45, 7) is 3.81. The van der Waals surface area contributed by atoms with E-state index < -0.39 is 11.9 Å². The number of halogens is 1. The molecule has 0 aromatic heterocycles. The molecule has 1 aromatic rings. The second-order valence-corrected chi connectivity index (χ2v) is 6.82. The number of hydrogen-bond acceptors (Lipinski definition) is 7. The number of benzene rings is 1. The zero-order chi connectivity index (χ0) is 20.7. The predicted molar refractivity (Wildman–Crippen MR) is 104 cm³/mol. The Morgan fingerprint density at radius 1 is 1.39 bits per heavy atom. The lowest BCUT2D eigenvalue weighted by atomic mass is 9.82. The number of esters is 1. The standard InChI is InChI=1S/C20H20BrN3O4/c1-3-26-20(25)17-12(2)28-19(24)15(11-23)18(17)14-10-13(21)6-7-16(14)27-9-5-4-8-22/h6-7,10,18H,3-5,9,24H2,1-2H3. The normalized spacial score (nSPS) is 16.1. The van der Waals surface area contributed by atoms with Crippen molar-refractivity contribution in [3.05, 3.63) is 51.0 Å². The highest BCUT2D eigenvalue weighted by Gasteiger charge is 2.38. The molecular weight excluding hydrogens is 426 g/mol. The summed E-state index contributed by atoms with van der Waals surface area (Å²) in [7, 11) is 0. The molecule has 28 heavy (non-hydrogen) atoms. The van der Waals surface area contributed by atoms with Gasteiger partial charge in [-0.15, -0.1) is 0 Å². The lowest BCUT2D eigenvalue weighted by molar-refractivity contribution is -0.139. The topological polar surface area (TPSA) is 118 Å². The first-order chi connectivity index (χ1) is 13.4. The fraction of sp³-hybridized carbons (Fsp3) is 0.350. The third kappa shape index (κ3) is 4.65. The lowest BCUT2D eigenvalue weighted by Crippen LogP contribution is -2.26. The predicted octanol–water partition coefficient (Wildman–Crippen LogP) is 3.78. The minimum absolute atomic E-state index is 0.0616. The molecule has 0 saturated heterocycles. The van der Waals surface area contributed by atoms with Gasteiger partial charge in [0, 0.05) is 16.5 Å². The maximum absolute atomic E-state index is 12.6. The van der Waals surface area contributed by atoms with Crippen molar-refractivity contribution in [1.82, 2.24) is 0 Å². The molecule has 2 N–H and O–H groups in total. The smallest absolute Gasteiger partial charge is 0.338 e. The van der Waals surface area contributed by atoms with Crippen LogP contribution in [0.5, 0.6) is 5.75 Å². The van der Waals surface area contributed by atoms with Crippen molar-refractivity contribution in [3.63, 3.8) is 0 Å². The Balaban J connectivity index is 2.57. The Kier molecular flexibility index (Phi) is 7.48. The van der Waals surface area contributed by atoms with Crippen LogP contribution in [0.25, 0.3) is 0 Å². The van der Waals surface area contributed by atoms with Gasteiger partial charge in [0.15, 0.2) is 0 Å². The number of nitrogens with zero attached hydrogens (tertiary/aromatic N) is 2. The second-order valence-electron chi connectivity index (χ2n) is 5.91. The largest absolute Gasteiger partial charge is 0.493 e. The molecule has 2 rings (SSSR count). The number of ether oxygens (including phenoxy) is 3. The first kappa shape index (κ1) is 21.3. The van der Waals surface area contributed by atoms with E-state index in [2.05, 4.69) is 22.0 Å². The maximum atomic E-state index is 12.6. The lowest BCUT2D eigenvalue weighted by Gasteiger charge is -2.28. The van der Waals surface area contributed by atoms with Gasteiger partial charge >= 0.3 is 5.97 Å². The Labute approximate surface area is 172 Å². The Hall–Kier alpha value is -2.97. The van der Waals surface area contributed by atoms with Crippen LogP contribution in [-0.2, 0) is 14.3 Å². The average Bonchev–Trinajstić information content (AvgIpc) is 2.65. The van der Waals surface area contributed by atoms with Crippen molar-refractivity contribution < 1.29 is 19.0 Å². The number of carbonyl (C=O) groups is 1. The van der Waals surface area contributed by atoms with Crippen LogP contribution in [-0.4, -0.2) is 19.2 Å². The van der Waals surface area contributed by atoms with E-state index in [0.29, 0.717) is 30.8 Å². The monoisotopic (exact) mass is 445 g/mol. The van der Waals surface area contributed by atoms with E-state index in [1.54, 1.807) is 32.0 Å². The summed E-state index contributed by atoms with van der Waals surface area (Å²) < 4.78 is 17.2. The number of carbonyl (C=O) groups excluding carboxylic acids is 1. The molecule has 0 amide bonds. The fourth-order valence-electron chi connectivity index (χ4n) is 2.88. The van der Waals surface area contributed by atoms with Gasteiger partial charge in [-0.25, -0.2) is 4.79 Å². The van der Waals surface area contributed by atoms with E-state index in [-0.39, 0.29) is 29.4 Å². The van der Waals surface area contributed by atoms with Gasteiger partial charge in [0.25, 0.3) is 0 Å². The van der Waals surface area contributed by atoms with Crippen molar-refractivity contribution in [2.75, 3.05) is 13.2 Å². The highest BCUT2D eigenvalue weighted by Crippen LogP contribution is 2.43. The number of nitriles is 2. The van der Waals surface area contributed by atoms with E-state index in [1.165, 1.54) is 0 Å². The summed E-state index contributed by atoms with van der Waals surface area (Å²) in [4.78, 5) is 12.6. The van der Waals surface area contributed by atoms with Crippen molar-refractivity contribution >= 4 is 21.9 Å². The van der Waals surface area contributed by atoms with Gasteiger partial charge in [0.2, 0.25) is 5.88 Å². The van der Waals surface area contributed by atoms with Crippen LogP contribution in [0.15, 0.2) is 45.5 Å². The Morgan fingerprint density at radius 2 is 2.14 bits per heavy atom. The molecule has 0 fully saturated rings. The Bertz CT molecular complexity index is 909. The van der Waals surface area contributed by atoms with E-state index in [9.17, 15) is 10.1 Å². The average molecular weight is 446 g/mol. The highest BCUT2D eigenvalue weighted by atomic mass is 79.9. The molecule has 0 radical (unpaired) electrons. The second kappa shape index (κ2) is 9.82. The molecule has 0 bridgehead atoms. The van der Waals surface area contributed by atoms with Gasteiger partial charge in [-0.2, -0.15) is 10.5 Å². The van der Waals surface area contributed by atoms with Gasteiger partial charge in [-0.1, -0.05) is 15.9 Å². The summed E-state index contributed by atoms with van der Waals surface area (Å²) in [5.74, 6) is -0.672. The molecule has 0 aliphatic carbocycles. The van der Waals surface area contributed by atoms with Crippen LogP contribution in [0.3, 0.4) is 0 Å². The van der Waals surface area contributed by atoms with Crippen LogP contribution in [0.4, 0.5) is 0 Å². The third-order valence-corrected chi connectivity index (χ3v) is 4.57. The van der Waals surface area contributed by atoms with E-state index in [1.807, 2.05) is 6.07 Å². The quantitative estimate of drug-likeness (QED) is 0.500. The van der Waals surface area contributed by atoms with Gasteiger partial charge in [0.05, 0.1) is 30.8 Å². The fourth-order valence-corrected chi connectivity index (χ4v) is 3.25. The molecule has 8 heteroatoms. The molecule has 1 atom stereocenters. The molecule has 1 aromatic carbocycles. The van der Waals surface area contributed by atoms with Crippen LogP contribution < -0.4 is 10.5 Å². The molecule has 0 saturated carbocycles. The zero-order valence-corrected chi connectivity index (χ0v) is 17.2. The summed E-state index contributed by atoms with van der Waals surface area (Å²) >= 11 is 3.42. The molecular formula is C20H20BrN3O4. The zero-order valence-electron chi connectivity index (χ0n) is 15.6. The summed E-state index contributed by atoms with van der Waals surface area (Å²) in [5.41, 5.74) is 6.82. The van der Waals surface area contributed by atoms with Gasteiger partial charge in [-0.05, 0) is 38.5 Å². The maximum Gasteiger partial charge on any atom is 0.338 e. The minimum Gasteiger partial charge on any atom is -0.493 e. The van der Waals surface area contributed by atoms with E-state index in [0.717, 1.165) is 4.47 Å². The molecule has 7 nitrogen and oxygen atoms in total. The van der Waals surface area contributed by atoms with Gasteiger partial charge in [0.1, 0.15) is 23.2 Å². The Morgan fingerprint density at radius 3 is 2.79 bits per heavy atom. The van der Waals surface area contributed by atoms with Crippen LogP contribution >= 0.6 is 15.9 Å². The summed E-state index contributed by atoms with van der Waals surface area (Å²) in [5, 5.41) is 18.4. The molecule has 146 valence electrons. The van der Waals surface area contributed by atoms with Crippen molar-refractivity contribution in [1.29, 1.82) is 10.5 Å².